The summed E-state index contributed by atoms with van der Waals surface area (Å²) in [6, 6.07) is 22.3. The Kier molecular flexibility index (Phi) is 9.44. The minimum absolute atomic E-state index is 0. The lowest BCUT2D eigenvalue weighted by molar-refractivity contribution is -0.123. The molecule has 2 aliphatic heterocycles. The lowest BCUT2D eigenvalue weighted by Gasteiger charge is -2.30. The lowest BCUT2D eigenvalue weighted by atomic mass is 10.00. The van der Waals surface area contributed by atoms with Crippen molar-refractivity contribution < 1.29 is 4.79 Å². The molecule has 2 heterocycles. The Hall–Kier alpha value is -1.59. The molecular weight excluding hydrogens is 405 g/mol. The zero-order chi connectivity index (χ0) is 18.5. The minimum Gasteiger partial charge on any atom is -0.352 e. The number of nitrogens with zero attached hydrogens (tertiary/aromatic N) is 1. The van der Waals surface area contributed by atoms with E-state index in [4.69, 9.17) is 0 Å². The summed E-state index contributed by atoms with van der Waals surface area (Å²) < 4.78 is 0. The van der Waals surface area contributed by atoms with E-state index in [1.165, 1.54) is 24.0 Å². The van der Waals surface area contributed by atoms with E-state index in [1.54, 1.807) is 0 Å². The Morgan fingerprint density at radius 1 is 0.862 bits per heavy atom. The largest absolute Gasteiger partial charge is 0.352 e. The molecule has 0 aliphatic carbocycles. The maximum atomic E-state index is 12.8. The van der Waals surface area contributed by atoms with Crippen LogP contribution < -0.4 is 10.6 Å². The van der Waals surface area contributed by atoms with Crippen molar-refractivity contribution in [3.05, 3.63) is 71.8 Å². The van der Waals surface area contributed by atoms with E-state index >= 15 is 0 Å². The van der Waals surface area contributed by atoms with Gasteiger partial charge >= 0.3 is 0 Å². The average molecular weight is 436 g/mol. The minimum atomic E-state index is 0. The maximum Gasteiger partial charge on any atom is 0.234 e. The van der Waals surface area contributed by atoms with Crippen molar-refractivity contribution in [2.75, 3.05) is 6.54 Å². The summed E-state index contributed by atoms with van der Waals surface area (Å²) in [5.41, 5.74) is 2.47. The first kappa shape index (κ1) is 23.7. The predicted octanol–water partition coefficient (Wildman–Crippen LogP) is 3.93. The van der Waals surface area contributed by atoms with Crippen LogP contribution in [0.2, 0.25) is 0 Å². The number of carbonyl (C=O) groups is 1. The first-order valence-electron chi connectivity index (χ1n) is 10.1. The van der Waals surface area contributed by atoms with Gasteiger partial charge in [0.1, 0.15) is 0 Å². The van der Waals surface area contributed by atoms with Gasteiger partial charge in [0.2, 0.25) is 5.91 Å². The number of nitrogens with one attached hydrogen (secondary N) is 2. The van der Waals surface area contributed by atoms with Crippen molar-refractivity contribution >= 4 is 30.7 Å². The Labute approximate surface area is 186 Å². The zero-order valence-electron chi connectivity index (χ0n) is 16.6. The number of hydrogen-bond donors (Lipinski definition) is 2. The summed E-state index contributed by atoms with van der Waals surface area (Å²) in [7, 11) is 0. The van der Waals surface area contributed by atoms with Gasteiger partial charge in [-0.05, 0) is 36.8 Å². The average Bonchev–Trinajstić information content (AvgIpc) is 3.01. The van der Waals surface area contributed by atoms with Gasteiger partial charge in [0, 0.05) is 31.2 Å². The molecule has 0 radical (unpaired) electrons. The van der Waals surface area contributed by atoms with Crippen LogP contribution in [-0.2, 0) is 17.9 Å². The van der Waals surface area contributed by atoms with Gasteiger partial charge in [-0.3, -0.25) is 9.69 Å². The van der Waals surface area contributed by atoms with E-state index < -0.39 is 0 Å². The second-order valence-electron chi connectivity index (χ2n) is 7.99. The van der Waals surface area contributed by atoms with Crippen LogP contribution in [0.25, 0.3) is 0 Å². The van der Waals surface area contributed by atoms with Crippen molar-refractivity contribution in [2.45, 2.75) is 56.9 Å². The number of carbonyl (C=O) groups excluding carboxylic acids is 1. The van der Waals surface area contributed by atoms with Gasteiger partial charge in [0.05, 0.1) is 6.54 Å². The number of hydrogen-bond acceptors (Lipinski definition) is 3. The van der Waals surface area contributed by atoms with Crippen molar-refractivity contribution in [3.63, 3.8) is 0 Å². The maximum absolute atomic E-state index is 12.8. The summed E-state index contributed by atoms with van der Waals surface area (Å²) >= 11 is 0. The summed E-state index contributed by atoms with van der Waals surface area (Å²) in [6.45, 7) is 1.99. The van der Waals surface area contributed by atoms with Gasteiger partial charge in [-0.25, -0.2) is 0 Å². The standard InChI is InChI=1S/C23H29N3O.2ClH/c27-23(25-22-13-20-11-12-21(14-22)24-20)17-26(15-18-7-3-1-4-8-18)16-19-9-5-2-6-10-19;;/h1-10,20-22,24H,11-17H2,(H,25,27);2*1H. The van der Waals surface area contributed by atoms with Crippen LogP contribution in [0.1, 0.15) is 36.8 Å². The van der Waals surface area contributed by atoms with Gasteiger partial charge in [-0.1, -0.05) is 60.7 Å². The summed E-state index contributed by atoms with van der Waals surface area (Å²) in [5.74, 6) is 0.146. The van der Waals surface area contributed by atoms with Gasteiger partial charge in [-0.15, -0.1) is 24.8 Å². The SMILES string of the molecule is Cl.Cl.O=C(CN(Cc1ccccc1)Cc1ccccc1)NC1CC2CCC(C1)N2. The molecule has 2 atom stereocenters. The molecule has 158 valence electrons. The van der Waals surface area contributed by atoms with Crippen molar-refractivity contribution in [2.24, 2.45) is 0 Å². The normalized spacial score (nSPS) is 22.4. The molecule has 2 N–H and O–H groups in total. The van der Waals surface area contributed by atoms with Gasteiger partial charge in [0.25, 0.3) is 0 Å². The molecule has 2 saturated heterocycles. The molecule has 29 heavy (non-hydrogen) atoms. The fraction of sp³-hybridized carbons (Fsp3) is 0.435. The first-order chi connectivity index (χ1) is 13.2. The van der Waals surface area contributed by atoms with Crippen molar-refractivity contribution in [3.8, 4) is 0 Å². The van der Waals surface area contributed by atoms with Crippen LogP contribution in [-0.4, -0.2) is 35.5 Å². The molecule has 2 bridgehead atoms. The highest BCUT2D eigenvalue weighted by Crippen LogP contribution is 2.26. The Balaban J connectivity index is 0.00000150. The lowest BCUT2D eigenvalue weighted by Crippen LogP contribution is -2.49. The number of fused-ring (bicyclic) bond motifs is 2. The molecule has 2 fully saturated rings. The van der Waals surface area contributed by atoms with Crippen molar-refractivity contribution in [1.82, 2.24) is 15.5 Å². The number of halogens is 2. The third-order valence-electron chi connectivity index (χ3n) is 5.70. The Bertz CT molecular complexity index is 691. The molecule has 2 aromatic carbocycles. The van der Waals surface area contributed by atoms with Gasteiger partial charge in [-0.2, -0.15) is 0 Å². The van der Waals surface area contributed by atoms with Crippen LogP contribution in [0.4, 0.5) is 0 Å². The van der Waals surface area contributed by atoms with Gasteiger partial charge in [0.15, 0.2) is 0 Å². The molecule has 2 aliphatic rings. The van der Waals surface area contributed by atoms with Crippen LogP contribution in [0, 0.1) is 0 Å². The van der Waals surface area contributed by atoms with Crippen LogP contribution in [0.5, 0.6) is 0 Å². The summed E-state index contributed by atoms with van der Waals surface area (Å²) in [5, 5.41) is 6.94. The van der Waals surface area contributed by atoms with Crippen LogP contribution >= 0.6 is 24.8 Å². The van der Waals surface area contributed by atoms with E-state index in [0.29, 0.717) is 24.7 Å². The number of piperidine rings is 1. The molecule has 0 spiro atoms. The quantitative estimate of drug-likeness (QED) is 0.692. The predicted molar refractivity (Wildman–Crippen MR) is 123 cm³/mol. The highest BCUT2D eigenvalue weighted by molar-refractivity contribution is 5.85. The summed E-state index contributed by atoms with van der Waals surface area (Å²) in [4.78, 5) is 15.0. The second-order valence-corrected chi connectivity index (χ2v) is 7.99. The molecule has 4 rings (SSSR count). The highest BCUT2D eigenvalue weighted by atomic mass is 35.5. The number of benzene rings is 2. The van der Waals surface area contributed by atoms with E-state index in [9.17, 15) is 4.79 Å². The molecule has 2 aromatic rings. The van der Waals surface area contributed by atoms with E-state index in [-0.39, 0.29) is 30.7 Å². The van der Waals surface area contributed by atoms with E-state index in [2.05, 4.69) is 64.1 Å². The monoisotopic (exact) mass is 435 g/mol. The second kappa shape index (κ2) is 11.6. The van der Waals surface area contributed by atoms with Crippen LogP contribution in [0.3, 0.4) is 0 Å². The zero-order valence-corrected chi connectivity index (χ0v) is 18.3. The third-order valence-corrected chi connectivity index (χ3v) is 5.70. The Morgan fingerprint density at radius 3 is 1.83 bits per heavy atom. The molecule has 0 aromatic heterocycles. The van der Waals surface area contributed by atoms with E-state index in [1.807, 2.05) is 12.1 Å². The molecule has 1 amide bonds. The van der Waals surface area contributed by atoms with Crippen molar-refractivity contribution in [1.29, 1.82) is 0 Å². The molecule has 6 heteroatoms. The van der Waals surface area contributed by atoms with Crippen LogP contribution in [0.15, 0.2) is 60.7 Å². The van der Waals surface area contributed by atoms with E-state index in [0.717, 1.165) is 25.9 Å². The topological polar surface area (TPSA) is 44.4 Å². The molecule has 4 nitrogen and oxygen atoms in total. The molecule has 0 saturated carbocycles. The molecular formula is C23H31Cl2N3O. The van der Waals surface area contributed by atoms with Gasteiger partial charge < -0.3 is 10.6 Å². The number of amides is 1. The number of rotatable bonds is 7. The fourth-order valence-electron chi connectivity index (χ4n) is 4.50. The fourth-order valence-corrected chi connectivity index (χ4v) is 4.50. The Morgan fingerprint density at radius 2 is 1.34 bits per heavy atom. The smallest absolute Gasteiger partial charge is 0.234 e. The third kappa shape index (κ3) is 7.00. The first-order valence-corrected chi connectivity index (χ1v) is 10.1. The molecule has 2 unspecified atom stereocenters. The highest BCUT2D eigenvalue weighted by Gasteiger charge is 2.34. The summed E-state index contributed by atoms with van der Waals surface area (Å²) in [6.07, 6.45) is 4.65.